The number of halogens is 5. The van der Waals surface area contributed by atoms with Crippen molar-refractivity contribution in [3.8, 4) is 5.75 Å². The number of alkyl halides is 2. The third-order valence-electron chi connectivity index (χ3n) is 1.21. The molecule has 0 amide bonds. The van der Waals surface area contributed by atoms with Crippen molar-refractivity contribution in [1.29, 1.82) is 0 Å². The van der Waals surface area contributed by atoms with Crippen molar-refractivity contribution >= 4 is 22.6 Å². The molecule has 1 aromatic rings. The topological polar surface area (TPSA) is 9.23 Å². The van der Waals surface area contributed by atoms with Crippen LogP contribution in [0.5, 0.6) is 5.75 Å². The van der Waals surface area contributed by atoms with E-state index in [0.717, 1.165) is 12.1 Å². The monoisotopic (exact) mass is 306 g/mol. The Balaban J connectivity index is 3.10. The summed E-state index contributed by atoms with van der Waals surface area (Å²) in [4.78, 5) is 0. The maximum absolute atomic E-state index is 12.8. The van der Waals surface area contributed by atoms with Gasteiger partial charge in [-0.15, -0.1) is 0 Å². The van der Waals surface area contributed by atoms with Crippen LogP contribution in [0.15, 0.2) is 12.1 Å². The molecule has 0 bridgehead atoms. The zero-order chi connectivity index (χ0) is 10.0. The molecule has 0 unspecified atom stereocenters. The number of rotatable bonds is 2. The summed E-state index contributed by atoms with van der Waals surface area (Å²) >= 11 is 1.39. The fourth-order valence-electron chi connectivity index (χ4n) is 0.706. The van der Waals surface area contributed by atoms with E-state index in [4.69, 9.17) is 0 Å². The van der Waals surface area contributed by atoms with Crippen LogP contribution in [-0.4, -0.2) is 6.61 Å². The first-order valence-corrected chi connectivity index (χ1v) is 4.18. The summed E-state index contributed by atoms with van der Waals surface area (Å²) in [6, 6.07) is 1.57. The zero-order valence-electron chi connectivity index (χ0n) is 6.03. The van der Waals surface area contributed by atoms with Gasteiger partial charge in [0.25, 0.3) is 0 Å². The van der Waals surface area contributed by atoms with Crippen LogP contribution in [0.2, 0.25) is 0 Å². The van der Waals surface area contributed by atoms with E-state index in [2.05, 4.69) is 4.74 Å². The molecule has 0 N–H and O–H groups in total. The summed E-state index contributed by atoms with van der Waals surface area (Å²) in [5.74, 6) is -2.56. The first kappa shape index (κ1) is 10.6. The van der Waals surface area contributed by atoms with E-state index in [9.17, 15) is 17.6 Å². The van der Waals surface area contributed by atoms with Crippen LogP contribution >= 0.6 is 22.6 Å². The maximum Gasteiger partial charge on any atom is 0.387 e. The van der Waals surface area contributed by atoms with Gasteiger partial charge >= 0.3 is 6.61 Å². The molecule has 0 aromatic heterocycles. The molecular formula is C7H3F4IO. The lowest BCUT2D eigenvalue weighted by molar-refractivity contribution is -0.0530. The lowest BCUT2D eigenvalue weighted by Gasteiger charge is -2.07. The van der Waals surface area contributed by atoms with Gasteiger partial charge in [-0.2, -0.15) is 8.78 Å². The van der Waals surface area contributed by atoms with Crippen molar-refractivity contribution in [1.82, 2.24) is 0 Å². The molecule has 72 valence electrons. The Kier molecular flexibility index (Phi) is 3.34. The molecular weight excluding hydrogens is 303 g/mol. The van der Waals surface area contributed by atoms with Crippen molar-refractivity contribution in [2.45, 2.75) is 6.61 Å². The first-order chi connectivity index (χ1) is 6.02. The Bertz CT molecular complexity index is 316. The lowest BCUT2D eigenvalue weighted by Crippen LogP contribution is -2.06. The third-order valence-corrected chi connectivity index (χ3v) is 2.21. The van der Waals surface area contributed by atoms with Crippen LogP contribution in [0, 0.1) is 15.2 Å². The summed E-state index contributed by atoms with van der Waals surface area (Å²) in [6.45, 7) is -3.16. The largest absolute Gasteiger partial charge is 0.430 e. The fourth-order valence-corrected chi connectivity index (χ4v) is 1.27. The van der Waals surface area contributed by atoms with Gasteiger partial charge in [-0.3, -0.25) is 0 Å². The van der Waals surface area contributed by atoms with Crippen molar-refractivity contribution in [3.63, 3.8) is 0 Å². The van der Waals surface area contributed by atoms with Gasteiger partial charge in [0.2, 0.25) is 0 Å². The Hall–Kier alpha value is -0.530. The number of benzene rings is 1. The fraction of sp³-hybridized carbons (Fsp3) is 0.143. The van der Waals surface area contributed by atoms with Gasteiger partial charge in [-0.05, 0) is 34.7 Å². The molecule has 1 rings (SSSR count). The molecule has 6 heteroatoms. The van der Waals surface area contributed by atoms with Gasteiger partial charge in [0.1, 0.15) is 5.82 Å². The maximum atomic E-state index is 12.8. The average molecular weight is 306 g/mol. The standard InChI is InChI=1S/C7H3F4IO/c8-3-1-2-4(9)6(5(3)12)13-7(10)11/h1-2,7H. The molecule has 1 aromatic carbocycles. The van der Waals surface area contributed by atoms with Gasteiger partial charge in [-0.1, -0.05) is 0 Å². The molecule has 1 nitrogen and oxygen atoms in total. The molecule has 0 heterocycles. The smallest absolute Gasteiger partial charge is 0.387 e. The van der Waals surface area contributed by atoms with Crippen LogP contribution in [0.3, 0.4) is 0 Å². The molecule has 0 aliphatic rings. The summed E-state index contributed by atoms with van der Waals surface area (Å²) in [6.07, 6.45) is 0. The highest BCUT2D eigenvalue weighted by atomic mass is 127. The Morgan fingerprint density at radius 3 is 2.23 bits per heavy atom. The molecule has 0 radical (unpaired) electrons. The molecule has 0 saturated heterocycles. The van der Waals surface area contributed by atoms with E-state index in [1.807, 2.05) is 0 Å². The lowest BCUT2D eigenvalue weighted by atomic mass is 10.3. The molecule has 13 heavy (non-hydrogen) atoms. The van der Waals surface area contributed by atoms with E-state index >= 15 is 0 Å². The van der Waals surface area contributed by atoms with Crippen LogP contribution < -0.4 is 4.74 Å². The van der Waals surface area contributed by atoms with Gasteiger partial charge in [0, 0.05) is 0 Å². The number of hydrogen-bond acceptors (Lipinski definition) is 1. The van der Waals surface area contributed by atoms with Crippen LogP contribution in [-0.2, 0) is 0 Å². The SMILES string of the molecule is Fc1ccc(F)c(OC(F)F)c1I. The highest BCUT2D eigenvalue weighted by Crippen LogP contribution is 2.28. The van der Waals surface area contributed by atoms with Crippen LogP contribution in [0.1, 0.15) is 0 Å². The van der Waals surface area contributed by atoms with Gasteiger partial charge in [0.05, 0.1) is 3.57 Å². The predicted octanol–water partition coefficient (Wildman–Crippen LogP) is 3.17. The Labute approximate surface area is 84.8 Å². The van der Waals surface area contributed by atoms with Gasteiger partial charge in [0.15, 0.2) is 11.6 Å². The molecule has 0 spiro atoms. The van der Waals surface area contributed by atoms with Crippen molar-refractivity contribution in [2.24, 2.45) is 0 Å². The normalized spacial score (nSPS) is 10.6. The quantitative estimate of drug-likeness (QED) is 0.463. The highest BCUT2D eigenvalue weighted by Gasteiger charge is 2.16. The van der Waals surface area contributed by atoms with E-state index in [0.29, 0.717) is 0 Å². The molecule has 0 atom stereocenters. The molecule has 0 fully saturated rings. The van der Waals surface area contributed by atoms with Gasteiger partial charge < -0.3 is 4.74 Å². The number of hydrogen-bond donors (Lipinski definition) is 0. The molecule has 0 saturated carbocycles. The minimum absolute atomic E-state index is 0.294. The Morgan fingerprint density at radius 1 is 1.15 bits per heavy atom. The Morgan fingerprint density at radius 2 is 1.69 bits per heavy atom. The first-order valence-electron chi connectivity index (χ1n) is 3.10. The summed E-state index contributed by atoms with van der Waals surface area (Å²) < 4.78 is 52.4. The van der Waals surface area contributed by atoms with E-state index < -0.39 is 24.0 Å². The molecule has 0 aliphatic heterocycles. The third kappa shape index (κ3) is 2.45. The van der Waals surface area contributed by atoms with E-state index in [1.165, 1.54) is 22.6 Å². The summed E-state index contributed by atoms with van der Waals surface area (Å²) in [5, 5.41) is 0. The second-order valence-corrected chi connectivity index (χ2v) is 3.13. The van der Waals surface area contributed by atoms with Crippen LogP contribution in [0.25, 0.3) is 0 Å². The van der Waals surface area contributed by atoms with Crippen molar-refractivity contribution in [3.05, 3.63) is 27.3 Å². The predicted molar refractivity (Wildman–Crippen MR) is 45.7 cm³/mol. The van der Waals surface area contributed by atoms with E-state index in [-0.39, 0.29) is 3.57 Å². The van der Waals surface area contributed by atoms with E-state index in [1.54, 1.807) is 0 Å². The minimum Gasteiger partial charge on any atom is -0.430 e. The highest BCUT2D eigenvalue weighted by molar-refractivity contribution is 14.1. The van der Waals surface area contributed by atoms with Crippen molar-refractivity contribution in [2.75, 3.05) is 0 Å². The average Bonchev–Trinajstić information content (AvgIpc) is 2.05. The van der Waals surface area contributed by atoms with Gasteiger partial charge in [-0.25, -0.2) is 8.78 Å². The summed E-state index contributed by atoms with van der Waals surface area (Å²) in [7, 11) is 0. The zero-order valence-corrected chi connectivity index (χ0v) is 8.19. The summed E-state index contributed by atoms with van der Waals surface area (Å²) in [5.41, 5.74) is 0. The minimum atomic E-state index is -3.16. The molecule has 0 aliphatic carbocycles. The second-order valence-electron chi connectivity index (χ2n) is 2.05. The second kappa shape index (κ2) is 4.12. The number of ether oxygens (including phenoxy) is 1. The van der Waals surface area contributed by atoms with Crippen molar-refractivity contribution < 1.29 is 22.3 Å². The van der Waals surface area contributed by atoms with Crippen LogP contribution in [0.4, 0.5) is 17.6 Å².